The predicted octanol–water partition coefficient (Wildman–Crippen LogP) is 4.67. The van der Waals surface area contributed by atoms with Crippen molar-refractivity contribution in [2.75, 3.05) is 18.4 Å². The summed E-state index contributed by atoms with van der Waals surface area (Å²) in [6, 6.07) is 16.8. The van der Waals surface area contributed by atoms with E-state index in [9.17, 15) is 18.0 Å². The molecule has 2 aromatic carbocycles. The molecular formula is C23H21ClN2O4S2. The summed E-state index contributed by atoms with van der Waals surface area (Å²) in [5.41, 5.74) is 1.14. The highest BCUT2D eigenvalue weighted by atomic mass is 35.5. The minimum atomic E-state index is -3.63. The van der Waals surface area contributed by atoms with Crippen molar-refractivity contribution in [2.45, 2.75) is 17.1 Å². The number of benzene rings is 2. The molecule has 4 rings (SSSR count). The Morgan fingerprint density at radius 2 is 1.84 bits per heavy atom. The summed E-state index contributed by atoms with van der Waals surface area (Å²) in [6.45, 7) is 0.466. The summed E-state index contributed by atoms with van der Waals surface area (Å²) in [4.78, 5) is 26.0. The summed E-state index contributed by atoms with van der Waals surface area (Å²) < 4.78 is 27.4. The van der Waals surface area contributed by atoms with E-state index < -0.39 is 15.9 Å². The van der Waals surface area contributed by atoms with E-state index in [1.807, 2.05) is 6.07 Å². The van der Waals surface area contributed by atoms with Crippen molar-refractivity contribution in [3.63, 3.8) is 0 Å². The lowest BCUT2D eigenvalue weighted by Crippen LogP contribution is -2.43. The molecule has 0 bridgehead atoms. The van der Waals surface area contributed by atoms with Gasteiger partial charge in [-0.3, -0.25) is 9.59 Å². The molecule has 9 heteroatoms. The highest BCUT2D eigenvalue weighted by Crippen LogP contribution is 2.29. The maximum atomic E-state index is 13.1. The molecule has 1 atom stereocenters. The van der Waals surface area contributed by atoms with Crippen LogP contribution >= 0.6 is 22.9 Å². The van der Waals surface area contributed by atoms with Gasteiger partial charge in [0.2, 0.25) is 5.91 Å². The zero-order valence-corrected chi connectivity index (χ0v) is 19.4. The Morgan fingerprint density at radius 3 is 2.56 bits per heavy atom. The van der Waals surface area contributed by atoms with Crippen LogP contribution in [0, 0.1) is 5.92 Å². The molecule has 2 heterocycles. The number of nitrogens with zero attached hydrogens (tertiary/aromatic N) is 1. The van der Waals surface area contributed by atoms with Crippen LogP contribution in [0.1, 0.15) is 28.8 Å². The molecule has 1 N–H and O–H groups in total. The fourth-order valence-electron chi connectivity index (χ4n) is 3.71. The Labute approximate surface area is 195 Å². The molecular weight excluding hydrogens is 468 g/mol. The molecule has 3 aromatic rings. The van der Waals surface area contributed by atoms with E-state index in [4.69, 9.17) is 11.6 Å². The van der Waals surface area contributed by atoms with Gasteiger partial charge in [-0.2, -0.15) is 4.31 Å². The summed E-state index contributed by atoms with van der Waals surface area (Å²) in [5, 5.41) is 4.91. The van der Waals surface area contributed by atoms with Crippen molar-refractivity contribution in [1.29, 1.82) is 0 Å². The molecule has 0 spiro atoms. The van der Waals surface area contributed by atoms with Gasteiger partial charge in [0.1, 0.15) is 4.21 Å². The van der Waals surface area contributed by atoms with E-state index in [0.717, 1.165) is 11.3 Å². The number of anilines is 1. The van der Waals surface area contributed by atoms with Gasteiger partial charge < -0.3 is 5.32 Å². The van der Waals surface area contributed by atoms with Crippen molar-refractivity contribution < 1.29 is 18.0 Å². The van der Waals surface area contributed by atoms with E-state index in [0.29, 0.717) is 41.2 Å². The Hall–Kier alpha value is -2.52. The van der Waals surface area contributed by atoms with E-state index in [1.54, 1.807) is 60.0 Å². The normalized spacial score (nSPS) is 17.1. The van der Waals surface area contributed by atoms with Crippen LogP contribution in [0.2, 0.25) is 5.02 Å². The Kier molecular flexibility index (Phi) is 6.76. The average molecular weight is 489 g/mol. The first-order valence-electron chi connectivity index (χ1n) is 10.1. The quantitative estimate of drug-likeness (QED) is 0.511. The van der Waals surface area contributed by atoms with Crippen molar-refractivity contribution in [3.05, 3.63) is 82.2 Å². The molecule has 0 aliphatic carbocycles. The van der Waals surface area contributed by atoms with E-state index in [-0.39, 0.29) is 22.4 Å². The monoisotopic (exact) mass is 488 g/mol. The topological polar surface area (TPSA) is 83.6 Å². The number of ketones is 1. The second-order valence-electron chi connectivity index (χ2n) is 7.51. The highest BCUT2D eigenvalue weighted by Gasteiger charge is 2.34. The lowest BCUT2D eigenvalue weighted by atomic mass is 9.97. The third-order valence-corrected chi connectivity index (χ3v) is 8.84. The van der Waals surface area contributed by atoms with Gasteiger partial charge in [0, 0.05) is 29.2 Å². The summed E-state index contributed by atoms with van der Waals surface area (Å²) >= 11 is 7.29. The van der Waals surface area contributed by atoms with Gasteiger partial charge in [0.15, 0.2) is 5.78 Å². The lowest BCUT2D eigenvalue weighted by molar-refractivity contribution is -0.120. The number of carbonyl (C=O) groups excluding carboxylic acids is 2. The average Bonchev–Trinajstić information content (AvgIpc) is 3.35. The Balaban J connectivity index is 1.54. The summed E-state index contributed by atoms with van der Waals surface area (Å²) in [6.07, 6.45) is 1.14. The number of amides is 1. The molecule has 32 heavy (non-hydrogen) atoms. The van der Waals surface area contributed by atoms with Crippen LogP contribution in [0.4, 0.5) is 5.69 Å². The van der Waals surface area contributed by atoms with Crippen LogP contribution in [0.25, 0.3) is 0 Å². The van der Waals surface area contributed by atoms with Crippen LogP contribution in [0.15, 0.2) is 70.3 Å². The molecule has 1 saturated heterocycles. The van der Waals surface area contributed by atoms with Gasteiger partial charge in [0.05, 0.1) is 11.6 Å². The first kappa shape index (κ1) is 22.7. The smallest absolute Gasteiger partial charge is 0.252 e. The number of hydrogen-bond acceptors (Lipinski definition) is 5. The Morgan fingerprint density at radius 1 is 1.06 bits per heavy atom. The zero-order valence-electron chi connectivity index (χ0n) is 17.0. The number of halogens is 1. The van der Waals surface area contributed by atoms with Crippen LogP contribution in [-0.2, 0) is 14.8 Å². The van der Waals surface area contributed by atoms with E-state index in [2.05, 4.69) is 5.32 Å². The van der Waals surface area contributed by atoms with E-state index >= 15 is 0 Å². The molecule has 6 nitrogen and oxygen atoms in total. The van der Waals surface area contributed by atoms with Gasteiger partial charge in [-0.05, 0) is 42.5 Å². The summed E-state index contributed by atoms with van der Waals surface area (Å²) in [5.74, 6) is -1.10. The highest BCUT2D eigenvalue weighted by molar-refractivity contribution is 7.91. The van der Waals surface area contributed by atoms with Gasteiger partial charge in [-0.15, -0.1) is 11.3 Å². The van der Waals surface area contributed by atoms with Crippen molar-refractivity contribution in [2.24, 2.45) is 5.92 Å². The molecule has 1 amide bonds. The van der Waals surface area contributed by atoms with Crippen LogP contribution in [0.3, 0.4) is 0 Å². The van der Waals surface area contributed by atoms with Gasteiger partial charge >= 0.3 is 0 Å². The largest absolute Gasteiger partial charge is 0.325 e. The van der Waals surface area contributed by atoms with Gasteiger partial charge in [-0.1, -0.05) is 48.0 Å². The molecule has 1 aliphatic heterocycles. The van der Waals surface area contributed by atoms with Crippen molar-refractivity contribution in [3.8, 4) is 0 Å². The van der Waals surface area contributed by atoms with E-state index in [1.165, 1.54) is 4.31 Å². The van der Waals surface area contributed by atoms with Crippen LogP contribution in [-0.4, -0.2) is 37.5 Å². The van der Waals surface area contributed by atoms with Crippen molar-refractivity contribution in [1.82, 2.24) is 4.31 Å². The number of rotatable bonds is 6. The SMILES string of the molecule is O=C(c1ccccc1)c1ccc(Cl)cc1NC(=O)[C@H]1CCCN(S(=O)(=O)c2cccs2)C1. The minimum absolute atomic E-state index is 0.0919. The number of thiophene rings is 1. The second kappa shape index (κ2) is 9.54. The first-order valence-corrected chi connectivity index (χ1v) is 12.8. The predicted molar refractivity (Wildman–Crippen MR) is 126 cm³/mol. The van der Waals surface area contributed by atoms with Gasteiger partial charge in [-0.25, -0.2) is 8.42 Å². The molecule has 1 aromatic heterocycles. The van der Waals surface area contributed by atoms with Gasteiger partial charge in [0.25, 0.3) is 10.0 Å². The number of piperidine rings is 1. The molecule has 0 saturated carbocycles. The standard InChI is InChI=1S/C23H21ClN2O4S2/c24-18-10-11-19(22(27)16-6-2-1-3-7-16)20(14-18)25-23(28)17-8-4-12-26(15-17)32(29,30)21-9-5-13-31-21/h1-3,5-7,9-11,13-14,17H,4,8,12,15H2,(H,25,28)/t17-/m0/s1. The summed E-state index contributed by atoms with van der Waals surface area (Å²) in [7, 11) is -3.63. The Bertz CT molecular complexity index is 1230. The molecule has 0 unspecified atom stereocenters. The number of hydrogen-bond donors (Lipinski definition) is 1. The fourth-order valence-corrected chi connectivity index (χ4v) is 6.55. The fraction of sp³-hybridized carbons (Fsp3) is 0.217. The zero-order chi connectivity index (χ0) is 22.7. The maximum Gasteiger partial charge on any atom is 0.252 e. The maximum absolute atomic E-state index is 13.1. The molecule has 166 valence electrons. The van der Waals surface area contributed by atoms with Crippen LogP contribution < -0.4 is 5.32 Å². The number of carbonyl (C=O) groups is 2. The second-order valence-corrected chi connectivity index (χ2v) is 11.1. The third-order valence-electron chi connectivity index (χ3n) is 5.36. The molecule has 1 aliphatic rings. The van der Waals surface area contributed by atoms with Crippen LogP contribution in [0.5, 0.6) is 0 Å². The number of nitrogens with one attached hydrogen (secondary N) is 1. The first-order chi connectivity index (χ1) is 15.4. The molecule has 0 radical (unpaired) electrons. The van der Waals surface area contributed by atoms with Crippen molar-refractivity contribution >= 4 is 50.3 Å². The molecule has 1 fully saturated rings. The third kappa shape index (κ3) is 4.78. The lowest BCUT2D eigenvalue weighted by Gasteiger charge is -2.31. The minimum Gasteiger partial charge on any atom is -0.325 e. The number of sulfonamides is 1.